The van der Waals surface area contributed by atoms with Gasteiger partial charge in [0, 0.05) is 6.07 Å². The quantitative estimate of drug-likeness (QED) is 0.316. The van der Waals surface area contributed by atoms with Crippen molar-refractivity contribution in [2.45, 2.75) is 36.0 Å². The summed E-state index contributed by atoms with van der Waals surface area (Å²) in [5.41, 5.74) is -2.93. The third-order valence-corrected chi connectivity index (χ3v) is 5.55. The summed E-state index contributed by atoms with van der Waals surface area (Å²) in [6, 6.07) is 4.12. The van der Waals surface area contributed by atoms with Crippen molar-refractivity contribution in [3.63, 3.8) is 0 Å². The minimum absolute atomic E-state index is 0.128. The predicted molar refractivity (Wildman–Crippen MR) is 91.1 cm³/mol. The molecule has 3 rings (SSSR count). The molecular formula is C16H7ClF10N2OS. The third-order valence-electron chi connectivity index (χ3n) is 4.31. The lowest BCUT2D eigenvalue weighted by Crippen LogP contribution is -2.65. The van der Waals surface area contributed by atoms with Crippen LogP contribution in [0, 0.1) is 6.92 Å². The molecule has 3 aromatic rings. The van der Waals surface area contributed by atoms with Gasteiger partial charge in [0.1, 0.15) is 5.69 Å². The molecule has 3 nitrogen and oxygen atoms in total. The van der Waals surface area contributed by atoms with E-state index in [0.717, 1.165) is 0 Å². The molecule has 170 valence electrons. The van der Waals surface area contributed by atoms with Gasteiger partial charge in [0.25, 0.3) is 5.56 Å². The van der Waals surface area contributed by atoms with Crippen LogP contribution in [0.3, 0.4) is 0 Å². The maximum atomic E-state index is 14.3. The zero-order chi connectivity index (χ0) is 23.8. The Balaban J connectivity index is 2.23. The van der Waals surface area contributed by atoms with Crippen molar-refractivity contribution < 1.29 is 43.9 Å². The van der Waals surface area contributed by atoms with E-state index < -0.39 is 45.3 Å². The van der Waals surface area contributed by atoms with E-state index in [1.54, 1.807) is 6.92 Å². The number of aromatic nitrogens is 2. The molecule has 0 spiro atoms. The average molecular weight is 501 g/mol. The minimum Gasteiger partial charge on any atom is -0.269 e. The summed E-state index contributed by atoms with van der Waals surface area (Å²) in [5.74, 6) is -27.8. The maximum Gasteiger partial charge on any atom is 0.393 e. The molecule has 31 heavy (non-hydrogen) atoms. The van der Waals surface area contributed by atoms with Gasteiger partial charge < -0.3 is 0 Å². The monoisotopic (exact) mass is 500 g/mol. The van der Waals surface area contributed by atoms with Crippen LogP contribution in [0.25, 0.3) is 15.2 Å². The van der Waals surface area contributed by atoms with E-state index in [1.807, 2.05) is 0 Å². The largest absolute Gasteiger partial charge is 0.393 e. The molecule has 2 heterocycles. The molecule has 0 N–H and O–H groups in total. The summed E-state index contributed by atoms with van der Waals surface area (Å²) >= 11 is 4.31. The molecule has 1 aromatic carbocycles. The van der Waals surface area contributed by atoms with E-state index in [1.165, 1.54) is 18.2 Å². The van der Waals surface area contributed by atoms with Crippen LogP contribution in [0.1, 0.15) is 11.3 Å². The van der Waals surface area contributed by atoms with Crippen LogP contribution in [0.15, 0.2) is 29.1 Å². The normalized spacial score (nSPS) is 14.6. The third kappa shape index (κ3) is 3.17. The highest BCUT2D eigenvalue weighted by Gasteiger charge is 2.86. The number of hydrogen-bond acceptors (Lipinski definition) is 3. The van der Waals surface area contributed by atoms with Gasteiger partial charge in [-0.15, -0.1) is 0 Å². The van der Waals surface area contributed by atoms with Gasteiger partial charge in [0.05, 0.1) is 10.2 Å². The summed E-state index contributed by atoms with van der Waals surface area (Å²) in [7, 11) is 0. The maximum absolute atomic E-state index is 14.3. The number of benzene rings is 1. The number of thiazole rings is 1. The van der Waals surface area contributed by atoms with Crippen molar-refractivity contribution in [3.05, 3.63) is 45.9 Å². The van der Waals surface area contributed by atoms with E-state index >= 15 is 0 Å². The van der Waals surface area contributed by atoms with E-state index in [9.17, 15) is 48.7 Å². The average Bonchev–Trinajstić information content (AvgIpc) is 2.97. The van der Waals surface area contributed by atoms with E-state index in [4.69, 9.17) is 0 Å². The topological polar surface area (TPSA) is 34.4 Å². The molecule has 0 saturated heterocycles. The second-order valence-electron chi connectivity index (χ2n) is 6.47. The highest BCUT2D eigenvalue weighted by Crippen LogP contribution is 2.60. The summed E-state index contributed by atoms with van der Waals surface area (Å²) in [6.45, 7) is 1.63. The molecule has 0 radical (unpaired) electrons. The first-order valence-electron chi connectivity index (χ1n) is 7.87. The first kappa shape index (κ1) is 23.6. The van der Waals surface area contributed by atoms with Gasteiger partial charge in [-0.25, -0.2) is 4.98 Å². The highest BCUT2D eigenvalue weighted by molar-refractivity contribution is 7.23. The summed E-state index contributed by atoms with van der Waals surface area (Å²) < 4.78 is 137. The fraction of sp³-hybridized carbons (Fsp3) is 0.375. The van der Waals surface area contributed by atoms with Gasteiger partial charge in [0.2, 0.25) is 0 Å². The van der Waals surface area contributed by atoms with E-state index in [2.05, 4.69) is 16.6 Å². The number of nitrogens with zero attached hydrogens (tertiary/aromatic N) is 2. The molecule has 0 aliphatic rings. The summed E-state index contributed by atoms with van der Waals surface area (Å²) in [5, 5.41) is -6.30. The first-order valence-corrected chi connectivity index (χ1v) is 9.07. The van der Waals surface area contributed by atoms with E-state index in [-0.39, 0.29) is 16.3 Å². The first-order chi connectivity index (χ1) is 13.9. The molecule has 0 saturated carbocycles. The summed E-state index contributed by atoms with van der Waals surface area (Å²) in [6.07, 6.45) is 0. The zero-order valence-corrected chi connectivity index (χ0v) is 16.3. The number of aryl methyl sites for hydroxylation is 1. The lowest BCUT2D eigenvalue weighted by Gasteiger charge is -2.37. The van der Waals surface area contributed by atoms with Gasteiger partial charge in [-0.05, 0) is 36.2 Å². The van der Waals surface area contributed by atoms with E-state index in [0.29, 0.717) is 21.3 Å². The Morgan fingerprint density at radius 1 is 0.903 bits per heavy atom. The Morgan fingerprint density at radius 3 is 2.03 bits per heavy atom. The lowest BCUT2D eigenvalue weighted by molar-refractivity contribution is -0.393. The molecule has 15 heteroatoms. The number of halogens is 11. The second kappa shape index (κ2) is 6.70. The van der Waals surface area contributed by atoms with Crippen LogP contribution >= 0.6 is 22.9 Å². The van der Waals surface area contributed by atoms with Gasteiger partial charge in [-0.1, -0.05) is 17.4 Å². The fourth-order valence-electron chi connectivity index (χ4n) is 2.63. The highest BCUT2D eigenvalue weighted by atomic mass is 35.5. The standard InChI is InChI=1S/C16H7ClF10N2OS/c1-6-2-3-7-8(4-6)31-11-28-9(5-10(30)29(7)11)12(18,19)13(20,21)14(22,23)15(24,25)16(17,26)27/h2-5H,1H3. The molecule has 0 aliphatic heterocycles. The van der Waals surface area contributed by atoms with Crippen LogP contribution in [0.5, 0.6) is 0 Å². The lowest BCUT2D eigenvalue weighted by atomic mass is 9.96. The Bertz CT molecular complexity index is 1230. The van der Waals surface area contributed by atoms with Crippen LogP contribution in [-0.2, 0) is 5.92 Å². The molecule has 2 aromatic heterocycles. The van der Waals surface area contributed by atoms with Crippen molar-refractivity contribution in [1.29, 1.82) is 0 Å². The molecule has 0 atom stereocenters. The van der Waals surface area contributed by atoms with Crippen LogP contribution in [0.2, 0.25) is 0 Å². The van der Waals surface area contributed by atoms with Gasteiger partial charge >= 0.3 is 29.1 Å². The summed E-state index contributed by atoms with van der Waals surface area (Å²) in [4.78, 5) is 14.6. The number of alkyl halides is 11. The van der Waals surface area contributed by atoms with Gasteiger partial charge in [-0.2, -0.15) is 43.9 Å². The van der Waals surface area contributed by atoms with Gasteiger partial charge in [0.15, 0.2) is 4.96 Å². The number of fused-ring (bicyclic) bond motifs is 3. The Morgan fingerprint density at radius 2 is 1.48 bits per heavy atom. The van der Waals surface area contributed by atoms with Crippen molar-refractivity contribution in [2.24, 2.45) is 0 Å². The number of rotatable bonds is 5. The Hall–Kier alpha value is -2.09. The molecule has 0 aliphatic carbocycles. The fourth-order valence-corrected chi connectivity index (χ4v) is 3.88. The second-order valence-corrected chi connectivity index (χ2v) is 7.95. The molecular weight excluding hydrogens is 494 g/mol. The zero-order valence-electron chi connectivity index (χ0n) is 14.7. The molecule has 0 fully saturated rings. The SMILES string of the molecule is Cc1ccc2c(c1)sc1nc(C(F)(F)C(F)(F)C(F)(F)C(F)(F)C(F)(F)Cl)cc(=O)n12. The Labute approximate surface area is 173 Å². The van der Waals surface area contributed by atoms with Crippen molar-refractivity contribution >= 4 is 38.1 Å². The van der Waals surface area contributed by atoms with Crippen molar-refractivity contribution in [1.82, 2.24) is 9.38 Å². The smallest absolute Gasteiger partial charge is 0.269 e. The minimum atomic E-state index is -7.33. The van der Waals surface area contributed by atoms with Crippen LogP contribution in [-0.4, -0.2) is 32.5 Å². The van der Waals surface area contributed by atoms with Crippen molar-refractivity contribution in [3.8, 4) is 0 Å². The van der Waals surface area contributed by atoms with Crippen molar-refractivity contribution in [2.75, 3.05) is 0 Å². The predicted octanol–water partition coefficient (Wildman–Crippen LogP) is 6.05. The molecule has 0 amide bonds. The van der Waals surface area contributed by atoms with Crippen LogP contribution in [0.4, 0.5) is 43.9 Å². The molecule has 0 unspecified atom stereocenters. The Kier molecular flexibility index (Phi) is 5.10. The van der Waals surface area contributed by atoms with Crippen LogP contribution < -0.4 is 5.56 Å². The molecule has 0 bridgehead atoms. The number of hydrogen-bond donors (Lipinski definition) is 0. The van der Waals surface area contributed by atoms with Gasteiger partial charge in [-0.3, -0.25) is 9.20 Å².